The number of rotatable bonds is 5. The number of benzene rings is 1. The highest BCUT2D eigenvalue weighted by Crippen LogP contribution is 2.33. The number of hydrogen-bond donors (Lipinski definition) is 0. The number of hydrogen-bond acceptors (Lipinski definition) is 3. The molecule has 0 saturated heterocycles. The zero-order valence-electron chi connectivity index (χ0n) is 11.0. The van der Waals surface area contributed by atoms with Gasteiger partial charge in [0, 0.05) is 24.2 Å². The molecule has 8 heteroatoms. The molecular formula is C13H12Cl3NO2S2. The Kier molecular flexibility index (Phi) is 5.57. The molecule has 0 saturated carbocycles. The monoisotopic (exact) mass is 383 g/mol. The Labute approximate surface area is 143 Å². The van der Waals surface area contributed by atoms with Gasteiger partial charge in [0.2, 0.25) is 10.0 Å². The van der Waals surface area contributed by atoms with E-state index in [1.807, 2.05) is 16.8 Å². The molecule has 0 bridgehead atoms. The number of alkyl halides is 1. The molecule has 21 heavy (non-hydrogen) atoms. The third-order valence-electron chi connectivity index (χ3n) is 2.96. The molecule has 0 N–H and O–H groups in total. The van der Waals surface area contributed by atoms with Crippen LogP contribution in [0.15, 0.2) is 33.9 Å². The van der Waals surface area contributed by atoms with Crippen molar-refractivity contribution in [2.75, 3.05) is 7.05 Å². The van der Waals surface area contributed by atoms with Crippen LogP contribution in [0.1, 0.15) is 11.1 Å². The molecule has 0 atom stereocenters. The molecule has 114 valence electrons. The van der Waals surface area contributed by atoms with E-state index in [4.69, 9.17) is 34.8 Å². The van der Waals surface area contributed by atoms with Crippen LogP contribution in [0.5, 0.6) is 0 Å². The molecule has 0 spiro atoms. The summed E-state index contributed by atoms with van der Waals surface area (Å²) in [7, 11) is -2.19. The highest BCUT2D eigenvalue weighted by Gasteiger charge is 2.26. The lowest BCUT2D eigenvalue weighted by Gasteiger charge is -2.18. The van der Waals surface area contributed by atoms with Gasteiger partial charge in [0.25, 0.3) is 0 Å². The van der Waals surface area contributed by atoms with Gasteiger partial charge in [0.1, 0.15) is 4.90 Å². The van der Waals surface area contributed by atoms with Gasteiger partial charge in [-0.15, -0.1) is 11.6 Å². The Morgan fingerprint density at radius 2 is 1.95 bits per heavy atom. The van der Waals surface area contributed by atoms with Gasteiger partial charge in [-0.1, -0.05) is 23.2 Å². The van der Waals surface area contributed by atoms with Crippen molar-refractivity contribution in [1.82, 2.24) is 4.31 Å². The van der Waals surface area contributed by atoms with Crippen molar-refractivity contribution < 1.29 is 8.42 Å². The van der Waals surface area contributed by atoms with Crippen LogP contribution in [0, 0.1) is 0 Å². The average Bonchev–Trinajstić information content (AvgIpc) is 2.91. The van der Waals surface area contributed by atoms with Crippen molar-refractivity contribution in [3.05, 3.63) is 50.1 Å². The first-order valence-electron chi connectivity index (χ1n) is 5.88. The van der Waals surface area contributed by atoms with E-state index in [-0.39, 0.29) is 22.3 Å². The summed E-state index contributed by atoms with van der Waals surface area (Å²) in [6.07, 6.45) is 0. The standard InChI is InChI=1S/C13H12Cl3NO2S2/c1-17(7-9-4-5-20-8-9)21(18,19)12-3-2-11(15)10(6-14)13(12)16/h2-5,8H,6-7H2,1H3. The predicted molar refractivity (Wildman–Crippen MR) is 89.0 cm³/mol. The zero-order valence-corrected chi connectivity index (χ0v) is 14.9. The molecule has 0 aliphatic rings. The fourth-order valence-corrected chi connectivity index (χ4v) is 4.91. The Morgan fingerprint density at radius 1 is 1.24 bits per heavy atom. The molecule has 0 radical (unpaired) electrons. The minimum Gasteiger partial charge on any atom is -0.207 e. The van der Waals surface area contributed by atoms with Gasteiger partial charge >= 0.3 is 0 Å². The minimum atomic E-state index is -3.71. The van der Waals surface area contributed by atoms with Crippen molar-refractivity contribution in [1.29, 1.82) is 0 Å². The van der Waals surface area contributed by atoms with Crippen LogP contribution in [0.4, 0.5) is 0 Å². The zero-order chi connectivity index (χ0) is 15.6. The minimum absolute atomic E-state index is 0.0157. The van der Waals surface area contributed by atoms with Gasteiger partial charge < -0.3 is 0 Å². The second kappa shape index (κ2) is 6.86. The molecule has 0 fully saturated rings. The summed E-state index contributed by atoms with van der Waals surface area (Å²) < 4.78 is 26.5. The van der Waals surface area contributed by atoms with E-state index in [0.717, 1.165) is 5.56 Å². The van der Waals surface area contributed by atoms with E-state index in [1.165, 1.54) is 34.8 Å². The van der Waals surface area contributed by atoms with E-state index in [2.05, 4.69) is 0 Å². The largest absolute Gasteiger partial charge is 0.244 e. The first-order valence-corrected chi connectivity index (χ1v) is 9.55. The van der Waals surface area contributed by atoms with Crippen molar-refractivity contribution in [3.8, 4) is 0 Å². The highest BCUT2D eigenvalue weighted by molar-refractivity contribution is 7.89. The smallest absolute Gasteiger partial charge is 0.207 e. The average molecular weight is 385 g/mol. The number of thiophene rings is 1. The van der Waals surface area contributed by atoms with Crippen LogP contribution in [0.3, 0.4) is 0 Å². The molecule has 2 aromatic rings. The Bertz CT molecular complexity index is 730. The van der Waals surface area contributed by atoms with Gasteiger partial charge in [-0.2, -0.15) is 15.6 Å². The molecule has 1 aromatic heterocycles. The number of halogens is 3. The molecule has 0 amide bonds. The molecule has 3 nitrogen and oxygen atoms in total. The first kappa shape index (κ1) is 17.1. The Balaban J connectivity index is 2.40. The van der Waals surface area contributed by atoms with Crippen molar-refractivity contribution >= 4 is 56.2 Å². The summed E-state index contributed by atoms with van der Waals surface area (Å²) in [4.78, 5) is 0.0157. The fourth-order valence-electron chi connectivity index (χ4n) is 1.79. The van der Waals surface area contributed by atoms with Crippen molar-refractivity contribution in [3.63, 3.8) is 0 Å². The molecule has 2 rings (SSSR count). The number of nitrogens with zero attached hydrogens (tertiary/aromatic N) is 1. The lowest BCUT2D eigenvalue weighted by molar-refractivity contribution is 0.467. The van der Waals surface area contributed by atoms with Gasteiger partial charge in [-0.3, -0.25) is 0 Å². The predicted octanol–water partition coefficient (Wildman–Crippen LogP) is 4.61. The normalized spacial score (nSPS) is 12.0. The third kappa shape index (κ3) is 3.55. The first-order chi connectivity index (χ1) is 9.87. The molecule has 0 unspecified atom stereocenters. The summed E-state index contributed by atoms with van der Waals surface area (Å²) in [6.45, 7) is 0.279. The van der Waals surface area contributed by atoms with Crippen LogP contribution in [-0.2, 0) is 22.4 Å². The second-order valence-electron chi connectivity index (χ2n) is 4.36. The van der Waals surface area contributed by atoms with Crippen LogP contribution in [0.2, 0.25) is 10.0 Å². The van der Waals surface area contributed by atoms with E-state index < -0.39 is 10.0 Å². The van der Waals surface area contributed by atoms with E-state index in [9.17, 15) is 8.42 Å². The SMILES string of the molecule is CN(Cc1ccsc1)S(=O)(=O)c1ccc(Cl)c(CCl)c1Cl. The van der Waals surface area contributed by atoms with Crippen LogP contribution >= 0.6 is 46.1 Å². The summed E-state index contributed by atoms with van der Waals surface area (Å²) in [5.74, 6) is 0.0509. The lowest BCUT2D eigenvalue weighted by atomic mass is 10.2. The van der Waals surface area contributed by atoms with Gasteiger partial charge in [0.05, 0.1) is 10.9 Å². The molecule has 0 aliphatic carbocycles. The summed E-state index contributed by atoms with van der Waals surface area (Å²) in [6, 6.07) is 4.78. The van der Waals surface area contributed by atoms with E-state index in [1.54, 1.807) is 0 Å². The van der Waals surface area contributed by atoms with Crippen LogP contribution in [-0.4, -0.2) is 19.8 Å². The van der Waals surface area contributed by atoms with Gasteiger partial charge in [-0.05, 0) is 34.5 Å². The van der Waals surface area contributed by atoms with Gasteiger partial charge in [-0.25, -0.2) is 8.42 Å². The van der Waals surface area contributed by atoms with Crippen molar-refractivity contribution in [2.45, 2.75) is 17.3 Å². The molecule has 0 aliphatic heterocycles. The topological polar surface area (TPSA) is 37.4 Å². The quantitative estimate of drug-likeness (QED) is 0.706. The maximum Gasteiger partial charge on any atom is 0.244 e. The Morgan fingerprint density at radius 3 is 2.52 bits per heavy atom. The molecule has 1 aromatic carbocycles. The van der Waals surface area contributed by atoms with Crippen LogP contribution < -0.4 is 0 Å². The summed E-state index contributed by atoms with van der Waals surface area (Å²) in [5.41, 5.74) is 1.35. The fraction of sp³-hybridized carbons (Fsp3) is 0.231. The van der Waals surface area contributed by atoms with E-state index in [0.29, 0.717) is 10.6 Å². The van der Waals surface area contributed by atoms with Crippen LogP contribution in [0.25, 0.3) is 0 Å². The third-order valence-corrected chi connectivity index (χ3v) is 6.70. The second-order valence-corrected chi connectivity index (χ2v) is 8.21. The Hall–Kier alpha value is -0.300. The van der Waals surface area contributed by atoms with Gasteiger partial charge in [0.15, 0.2) is 0 Å². The highest BCUT2D eigenvalue weighted by atomic mass is 35.5. The molecule has 1 heterocycles. The molecular weight excluding hydrogens is 373 g/mol. The van der Waals surface area contributed by atoms with E-state index >= 15 is 0 Å². The van der Waals surface area contributed by atoms with Crippen molar-refractivity contribution in [2.24, 2.45) is 0 Å². The maximum absolute atomic E-state index is 12.6. The summed E-state index contributed by atoms with van der Waals surface area (Å²) in [5, 5.41) is 4.24. The lowest BCUT2D eigenvalue weighted by Crippen LogP contribution is -2.26. The maximum atomic E-state index is 12.6. The number of sulfonamides is 1. The summed E-state index contributed by atoms with van der Waals surface area (Å²) >= 11 is 19.4.